The molecule has 1 aliphatic rings. The number of amides is 1. The molecule has 1 aromatic heterocycles. The van der Waals surface area contributed by atoms with Crippen molar-refractivity contribution in [2.24, 2.45) is 5.16 Å². The number of nitrogen functional groups attached to an aromatic ring is 2. The van der Waals surface area contributed by atoms with E-state index in [0.29, 0.717) is 58.2 Å². The van der Waals surface area contributed by atoms with Crippen molar-refractivity contribution in [1.29, 1.82) is 0 Å². The van der Waals surface area contributed by atoms with E-state index in [-0.39, 0.29) is 17.6 Å². The first-order valence-electron chi connectivity index (χ1n) is 12.3. The number of benzene rings is 3. The lowest BCUT2D eigenvalue weighted by molar-refractivity contribution is -0.112. The van der Waals surface area contributed by atoms with Crippen LogP contribution in [0.15, 0.2) is 72.0 Å². The average molecular weight is 535 g/mol. The van der Waals surface area contributed by atoms with Gasteiger partial charge in [-0.05, 0) is 41.5 Å². The smallest absolute Gasteiger partial charge is 0.281 e. The molecule has 200 valence electrons. The molecule has 1 aliphatic heterocycles. The molecule has 0 fully saturated rings. The molecule has 0 atom stereocenters. The molecule has 0 saturated carbocycles. The minimum atomic E-state index is -0.378. The molecule has 0 unspecified atom stereocenters. The third-order valence-corrected chi connectivity index (χ3v) is 6.47. The number of anilines is 3. The Bertz CT molecular complexity index is 1690. The first-order valence-corrected chi connectivity index (χ1v) is 12.3. The molecule has 0 saturated heterocycles. The van der Waals surface area contributed by atoms with E-state index < -0.39 is 0 Å². The minimum absolute atomic E-state index is 0.0286. The zero-order valence-corrected chi connectivity index (χ0v) is 21.9. The number of nitrogens with zero attached hydrogens (tertiary/aromatic N) is 4. The molecule has 0 spiro atoms. The van der Waals surface area contributed by atoms with Gasteiger partial charge in [0.25, 0.3) is 5.91 Å². The molecule has 0 radical (unpaired) electrons. The Hall–Kier alpha value is -5.56. The predicted octanol–water partition coefficient (Wildman–Crippen LogP) is 3.37. The van der Waals surface area contributed by atoms with Crippen molar-refractivity contribution in [2.75, 3.05) is 30.6 Å². The van der Waals surface area contributed by atoms with E-state index in [9.17, 15) is 10.0 Å². The van der Waals surface area contributed by atoms with Crippen LogP contribution in [-0.4, -0.2) is 41.0 Å². The molecule has 1 amide bonds. The van der Waals surface area contributed by atoms with Crippen LogP contribution in [0.1, 0.15) is 33.4 Å². The zero-order valence-electron chi connectivity index (χ0n) is 21.9. The molecule has 4 aromatic rings. The summed E-state index contributed by atoms with van der Waals surface area (Å²) in [5.74, 6) is 7.29. The van der Waals surface area contributed by atoms with Crippen molar-refractivity contribution in [3.05, 3.63) is 100 Å². The van der Waals surface area contributed by atoms with Crippen molar-refractivity contribution in [1.82, 2.24) is 9.97 Å². The summed E-state index contributed by atoms with van der Waals surface area (Å²) in [6.45, 7) is 0.351. The molecule has 5 rings (SSSR count). The van der Waals surface area contributed by atoms with Crippen LogP contribution in [0, 0.1) is 11.8 Å². The van der Waals surface area contributed by atoms with Gasteiger partial charge in [-0.25, -0.2) is 4.98 Å². The SMILES string of the molecule is COc1cc(Cc2cnc(N)nc2N)cc(C#Cc2ccc3c(c2)/C(=N/O)C(=O)N3Cc2ccccc2)c1OC. The van der Waals surface area contributed by atoms with Crippen LogP contribution < -0.4 is 25.8 Å². The largest absolute Gasteiger partial charge is 0.493 e. The molecule has 10 nitrogen and oxygen atoms in total. The van der Waals surface area contributed by atoms with Gasteiger partial charge in [-0.15, -0.1) is 0 Å². The van der Waals surface area contributed by atoms with Crippen LogP contribution in [0.25, 0.3) is 0 Å². The van der Waals surface area contributed by atoms with E-state index in [2.05, 4.69) is 27.0 Å². The Morgan fingerprint density at radius 2 is 1.80 bits per heavy atom. The van der Waals surface area contributed by atoms with Crippen molar-refractivity contribution >= 4 is 29.1 Å². The van der Waals surface area contributed by atoms with Crippen LogP contribution >= 0.6 is 0 Å². The van der Waals surface area contributed by atoms with Gasteiger partial charge in [-0.3, -0.25) is 4.79 Å². The van der Waals surface area contributed by atoms with Gasteiger partial charge in [-0.2, -0.15) is 4.98 Å². The maximum Gasteiger partial charge on any atom is 0.281 e. The van der Waals surface area contributed by atoms with Crippen LogP contribution in [0.5, 0.6) is 11.5 Å². The van der Waals surface area contributed by atoms with Gasteiger partial charge in [0.15, 0.2) is 17.2 Å². The van der Waals surface area contributed by atoms with Gasteiger partial charge in [0, 0.05) is 29.3 Å². The number of fused-ring (bicyclic) bond motifs is 1. The van der Waals surface area contributed by atoms with Crippen molar-refractivity contribution in [3.63, 3.8) is 0 Å². The van der Waals surface area contributed by atoms with Gasteiger partial charge in [-0.1, -0.05) is 47.3 Å². The highest BCUT2D eigenvalue weighted by atomic mass is 16.5. The number of ether oxygens (including phenoxy) is 2. The fourth-order valence-corrected chi connectivity index (χ4v) is 4.56. The summed E-state index contributed by atoms with van der Waals surface area (Å²) < 4.78 is 11.2. The molecular weight excluding hydrogens is 508 g/mol. The molecule has 40 heavy (non-hydrogen) atoms. The van der Waals surface area contributed by atoms with Gasteiger partial charge < -0.3 is 31.0 Å². The molecule has 0 aliphatic carbocycles. The number of methoxy groups -OCH3 is 2. The standard InChI is InChI=1S/C30H26N6O4/c1-39-25-15-20(13-22-16-33-30(32)34-28(22)31)12-21(27(25)40-2)10-8-18-9-11-24-23(14-18)26(35-38)29(37)36(24)17-19-6-4-3-5-7-19/h3-7,9,11-12,14-16,38H,13,17H2,1-2H3,(H4,31,32,33,34)/b35-26-. The maximum atomic E-state index is 13.0. The first kappa shape index (κ1) is 26.1. The number of nitrogens with two attached hydrogens (primary N) is 2. The second kappa shape index (κ2) is 11.0. The third-order valence-electron chi connectivity index (χ3n) is 6.47. The zero-order chi connectivity index (χ0) is 28.2. The first-order chi connectivity index (χ1) is 19.4. The molecule has 10 heteroatoms. The van der Waals surface area contributed by atoms with Crippen LogP contribution in [-0.2, 0) is 17.8 Å². The number of aromatic nitrogens is 2. The van der Waals surface area contributed by atoms with E-state index in [4.69, 9.17) is 20.9 Å². The Kier molecular flexibility index (Phi) is 7.20. The van der Waals surface area contributed by atoms with Gasteiger partial charge >= 0.3 is 0 Å². The summed E-state index contributed by atoms with van der Waals surface area (Å²) >= 11 is 0. The summed E-state index contributed by atoms with van der Waals surface area (Å²) in [7, 11) is 3.09. The summed E-state index contributed by atoms with van der Waals surface area (Å²) in [6, 6.07) is 18.7. The fourth-order valence-electron chi connectivity index (χ4n) is 4.56. The number of rotatable bonds is 6. The Morgan fingerprint density at radius 3 is 2.50 bits per heavy atom. The van der Waals surface area contributed by atoms with Crippen molar-refractivity contribution < 1.29 is 19.5 Å². The number of hydrogen-bond acceptors (Lipinski definition) is 9. The Balaban J connectivity index is 1.49. The fraction of sp³-hybridized carbons (Fsp3) is 0.133. The lowest BCUT2D eigenvalue weighted by Crippen LogP contribution is -2.29. The van der Waals surface area contributed by atoms with Crippen LogP contribution in [0.3, 0.4) is 0 Å². The highest BCUT2D eigenvalue weighted by Gasteiger charge is 2.34. The Labute approximate surface area is 230 Å². The van der Waals surface area contributed by atoms with Crippen LogP contribution in [0.2, 0.25) is 0 Å². The number of carbonyl (C=O) groups is 1. The van der Waals surface area contributed by atoms with Gasteiger partial charge in [0.05, 0.1) is 32.0 Å². The highest BCUT2D eigenvalue weighted by Crippen LogP contribution is 2.34. The predicted molar refractivity (Wildman–Crippen MR) is 152 cm³/mol. The van der Waals surface area contributed by atoms with Crippen molar-refractivity contribution in [3.8, 4) is 23.3 Å². The second-order valence-corrected chi connectivity index (χ2v) is 9.00. The maximum absolute atomic E-state index is 13.0. The monoisotopic (exact) mass is 534 g/mol. The number of oxime groups is 1. The molecular formula is C30H26N6O4. The molecule has 3 aromatic carbocycles. The topological polar surface area (TPSA) is 149 Å². The minimum Gasteiger partial charge on any atom is -0.493 e. The van der Waals surface area contributed by atoms with E-state index in [1.807, 2.05) is 48.5 Å². The summed E-state index contributed by atoms with van der Waals surface area (Å²) in [4.78, 5) is 22.7. The summed E-state index contributed by atoms with van der Waals surface area (Å²) in [5, 5.41) is 12.9. The number of carbonyl (C=O) groups excluding carboxylic acids is 1. The van der Waals surface area contributed by atoms with Crippen LogP contribution in [0.4, 0.5) is 17.5 Å². The van der Waals surface area contributed by atoms with E-state index >= 15 is 0 Å². The van der Waals surface area contributed by atoms with Gasteiger partial charge in [0.2, 0.25) is 5.95 Å². The van der Waals surface area contributed by atoms with E-state index in [1.165, 1.54) is 0 Å². The number of hydrogen-bond donors (Lipinski definition) is 3. The molecule has 2 heterocycles. The second-order valence-electron chi connectivity index (χ2n) is 9.00. The highest BCUT2D eigenvalue weighted by molar-refractivity contribution is 6.54. The summed E-state index contributed by atoms with van der Waals surface area (Å²) in [5.41, 5.74) is 16.5. The van der Waals surface area contributed by atoms with Crippen molar-refractivity contribution in [2.45, 2.75) is 13.0 Å². The van der Waals surface area contributed by atoms with Gasteiger partial charge in [0.1, 0.15) is 5.82 Å². The Morgan fingerprint density at radius 1 is 1.00 bits per heavy atom. The molecule has 0 bridgehead atoms. The normalized spacial score (nSPS) is 13.1. The quantitative estimate of drug-likeness (QED) is 0.194. The molecule has 5 N–H and O–H groups in total. The lowest BCUT2D eigenvalue weighted by Gasteiger charge is -2.16. The average Bonchev–Trinajstić information content (AvgIpc) is 3.22. The summed E-state index contributed by atoms with van der Waals surface area (Å²) in [6.07, 6.45) is 2.02. The third kappa shape index (κ3) is 5.08. The van der Waals surface area contributed by atoms with E-state index in [0.717, 1.165) is 11.1 Å². The van der Waals surface area contributed by atoms with E-state index in [1.54, 1.807) is 37.4 Å². The lowest BCUT2D eigenvalue weighted by atomic mass is 10.0.